The van der Waals surface area contributed by atoms with Gasteiger partial charge in [-0.1, -0.05) is 0 Å². The molecule has 1 N–H and O–H groups in total. The lowest BCUT2D eigenvalue weighted by molar-refractivity contribution is -0.143. The second-order valence-electron chi connectivity index (χ2n) is 6.21. The molecule has 0 spiro atoms. The van der Waals surface area contributed by atoms with E-state index >= 15 is 0 Å². The van der Waals surface area contributed by atoms with Crippen LogP contribution in [0.5, 0.6) is 0 Å². The summed E-state index contributed by atoms with van der Waals surface area (Å²) in [5.41, 5.74) is 0. The third-order valence-corrected chi connectivity index (χ3v) is 4.70. The number of nitrogens with one attached hydrogen (secondary N) is 1. The van der Waals surface area contributed by atoms with Crippen LogP contribution in [0.2, 0.25) is 0 Å². The van der Waals surface area contributed by atoms with Crippen molar-refractivity contribution in [2.24, 2.45) is 7.05 Å². The number of esters is 1. The highest BCUT2D eigenvalue weighted by molar-refractivity contribution is 7.80. The lowest BCUT2D eigenvalue weighted by Gasteiger charge is -2.24. The summed E-state index contributed by atoms with van der Waals surface area (Å²) >= 11 is 5.50. The molecule has 2 heterocycles. The van der Waals surface area contributed by atoms with Crippen LogP contribution < -0.4 is 5.32 Å². The van der Waals surface area contributed by atoms with Crippen molar-refractivity contribution in [3.8, 4) is 0 Å². The summed E-state index contributed by atoms with van der Waals surface area (Å²) in [6, 6.07) is 0. The molecule has 0 atom stereocenters. The number of hydrogen-bond donors (Lipinski definition) is 1. The van der Waals surface area contributed by atoms with E-state index in [0.717, 1.165) is 56.5 Å². The van der Waals surface area contributed by atoms with Gasteiger partial charge in [-0.05, 0) is 32.0 Å². The van der Waals surface area contributed by atoms with Gasteiger partial charge < -0.3 is 19.5 Å². The maximum Gasteiger partial charge on any atom is 0.305 e. The zero-order valence-electron chi connectivity index (χ0n) is 15.2. The van der Waals surface area contributed by atoms with Gasteiger partial charge in [-0.15, -0.1) is 0 Å². The number of thiocarbonyl (C=S) groups is 1. The van der Waals surface area contributed by atoms with Crippen molar-refractivity contribution in [2.45, 2.75) is 32.7 Å². The number of ether oxygens (including phenoxy) is 1. The predicted octanol–water partition coefficient (Wildman–Crippen LogP) is 1.15. The van der Waals surface area contributed by atoms with Crippen molar-refractivity contribution in [2.75, 3.05) is 39.3 Å². The van der Waals surface area contributed by atoms with Crippen molar-refractivity contribution in [3.63, 3.8) is 0 Å². The number of rotatable bonds is 7. The molecular formula is C17H29N5O2S. The third kappa shape index (κ3) is 6.62. The molecule has 1 aromatic rings. The number of aryl methyl sites for hydroxylation is 1. The average Bonchev–Trinajstić information content (AvgIpc) is 2.84. The standard InChI is InChI=1S/C17H29N5O2S/c1-3-24-16(23)6-4-7-19-17(25)22-10-5-9-21(12-13-22)14-15-18-8-11-20(15)2/h8,11H,3-7,9-10,12-14H2,1-2H3,(H,19,25). The highest BCUT2D eigenvalue weighted by Crippen LogP contribution is 2.08. The Morgan fingerprint density at radius 2 is 2.20 bits per heavy atom. The predicted molar refractivity (Wildman–Crippen MR) is 101 cm³/mol. The van der Waals surface area contributed by atoms with E-state index in [9.17, 15) is 4.79 Å². The molecule has 0 radical (unpaired) electrons. The minimum Gasteiger partial charge on any atom is -0.466 e. The largest absolute Gasteiger partial charge is 0.466 e. The lowest BCUT2D eigenvalue weighted by Crippen LogP contribution is -2.42. The van der Waals surface area contributed by atoms with Crippen molar-refractivity contribution >= 4 is 23.3 Å². The van der Waals surface area contributed by atoms with Gasteiger partial charge >= 0.3 is 5.97 Å². The second-order valence-corrected chi connectivity index (χ2v) is 6.60. The van der Waals surface area contributed by atoms with E-state index in [1.807, 2.05) is 26.4 Å². The zero-order valence-corrected chi connectivity index (χ0v) is 16.1. The van der Waals surface area contributed by atoms with Gasteiger partial charge in [0.1, 0.15) is 5.82 Å². The first-order valence-electron chi connectivity index (χ1n) is 8.97. The molecule has 8 heteroatoms. The van der Waals surface area contributed by atoms with E-state index in [2.05, 4.69) is 24.7 Å². The number of aromatic nitrogens is 2. The van der Waals surface area contributed by atoms with Crippen LogP contribution in [0.1, 0.15) is 32.0 Å². The van der Waals surface area contributed by atoms with Crippen molar-refractivity contribution < 1.29 is 9.53 Å². The fraction of sp³-hybridized carbons (Fsp3) is 0.706. The van der Waals surface area contributed by atoms with Crippen LogP contribution in [-0.2, 0) is 23.1 Å². The molecule has 0 amide bonds. The van der Waals surface area contributed by atoms with E-state index in [1.165, 1.54) is 0 Å². The van der Waals surface area contributed by atoms with Gasteiger partial charge in [0.05, 0.1) is 13.2 Å². The first-order valence-corrected chi connectivity index (χ1v) is 9.38. The molecule has 140 valence electrons. The maximum absolute atomic E-state index is 11.3. The maximum atomic E-state index is 11.3. The number of hydrogen-bond acceptors (Lipinski definition) is 5. The van der Waals surface area contributed by atoms with Gasteiger partial charge in [0.15, 0.2) is 5.11 Å². The molecule has 1 fully saturated rings. The average molecular weight is 368 g/mol. The topological polar surface area (TPSA) is 62.6 Å². The van der Waals surface area contributed by atoms with Gasteiger partial charge in [-0.2, -0.15) is 0 Å². The molecule has 7 nitrogen and oxygen atoms in total. The van der Waals surface area contributed by atoms with E-state index in [4.69, 9.17) is 17.0 Å². The van der Waals surface area contributed by atoms with Crippen molar-refractivity contribution in [1.29, 1.82) is 0 Å². The highest BCUT2D eigenvalue weighted by Gasteiger charge is 2.18. The smallest absolute Gasteiger partial charge is 0.305 e. The van der Waals surface area contributed by atoms with E-state index in [1.54, 1.807) is 0 Å². The van der Waals surface area contributed by atoms with Crippen LogP contribution in [-0.4, -0.2) is 69.8 Å². The van der Waals surface area contributed by atoms with E-state index in [-0.39, 0.29) is 5.97 Å². The molecule has 2 rings (SSSR count). The molecule has 0 bridgehead atoms. The summed E-state index contributed by atoms with van der Waals surface area (Å²) in [4.78, 5) is 20.4. The Kier molecular flexibility index (Phi) is 8.14. The van der Waals surface area contributed by atoms with Crippen LogP contribution in [0, 0.1) is 0 Å². The SMILES string of the molecule is CCOC(=O)CCCNC(=S)N1CCCN(Cc2nccn2C)CC1. The summed E-state index contributed by atoms with van der Waals surface area (Å²) < 4.78 is 6.99. The molecule has 1 aromatic heterocycles. The normalized spacial score (nSPS) is 15.7. The van der Waals surface area contributed by atoms with Gasteiger partial charge in [-0.25, -0.2) is 4.98 Å². The molecule has 0 aliphatic carbocycles. The Balaban J connectivity index is 1.68. The Morgan fingerprint density at radius 1 is 1.36 bits per heavy atom. The monoisotopic (exact) mass is 367 g/mol. The Labute approximate surface area is 155 Å². The first kappa shape index (κ1) is 19.7. The summed E-state index contributed by atoms with van der Waals surface area (Å²) in [7, 11) is 2.03. The number of imidazole rings is 1. The minimum absolute atomic E-state index is 0.144. The minimum atomic E-state index is -0.144. The number of carbonyl (C=O) groups excluding carboxylic acids is 1. The molecule has 1 aliphatic rings. The van der Waals surface area contributed by atoms with Gasteiger partial charge in [0.25, 0.3) is 0 Å². The van der Waals surface area contributed by atoms with Crippen molar-refractivity contribution in [1.82, 2.24) is 24.7 Å². The quantitative estimate of drug-likeness (QED) is 0.441. The zero-order chi connectivity index (χ0) is 18.1. The van der Waals surface area contributed by atoms with Crippen LogP contribution in [0.25, 0.3) is 0 Å². The third-order valence-electron chi connectivity index (χ3n) is 4.30. The van der Waals surface area contributed by atoms with Gasteiger partial charge in [0, 0.05) is 58.6 Å². The summed E-state index contributed by atoms with van der Waals surface area (Å²) in [5.74, 6) is 0.947. The van der Waals surface area contributed by atoms with E-state index < -0.39 is 0 Å². The second kappa shape index (κ2) is 10.4. The molecular weight excluding hydrogens is 338 g/mol. The number of nitrogens with zero attached hydrogens (tertiary/aromatic N) is 4. The Hall–Kier alpha value is -1.67. The Morgan fingerprint density at radius 3 is 2.92 bits per heavy atom. The molecule has 1 saturated heterocycles. The first-order chi connectivity index (χ1) is 12.1. The number of carbonyl (C=O) groups is 1. The molecule has 0 aromatic carbocycles. The fourth-order valence-corrected chi connectivity index (χ4v) is 3.14. The fourth-order valence-electron chi connectivity index (χ4n) is 2.85. The molecule has 1 aliphatic heterocycles. The van der Waals surface area contributed by atoms with Gasteiger partial charge in [-0.3, -0.25) is 9.69 Å². The van der Waals surface area contributed by atoms with Gasteiger partial charge in [0.2, 0.25) is 0 Å². The summed E-state index contributed by atoms with van der Waals surface area (Å²) in [6.45, 7) is 7.72. The Bertz CT molecular complexity index is 563. The van der Waals surface area contributed by atoms with Crippen molar-refractivity contribution in [3.05, 3.63) is 18.2 Å². The summed E-state index contributed by atoms with van der Waals surface area (Å²) in [6.07, 6.45) is 6.07. The van der Waals surface area contributed by atoms with E-state index in [0.29, 0.717) is 19.6 Å². The summed E-state index contributed by atoms with van der Waals surface area (Å²) in [5, 5.41) is 4.04. The highest BCUT2D eigenvalue weighted by atomic mass is 32.1. The molecule has 0 unspecified atom stereocenters. The molecule has 0 saturated carbocycles. The van der Waals surface area contributed by atoms with Crippen LogP contribution >= 0.6 is 12.2 Å². The van der Waals surface area contributed by atoms with Crippen LogP contribution in [0.4, 0.5) is 0 Å². The van der Waals surface area contributed by atoms with Crippen LogP contribution in [0.3, 0.4) is 0 Å². The molecule has 25 heavy (non-hydrogen) atoms. The lowest BCUT2D eigenvalue weighted by atomic mass is 10.3. The van der Waals surface area contributed by atoms with Crippen LogP contribution in [0.15, 0.2) is 12.4 Å².